The smallest absolute Gasteiger partial charge is 0.228 e. The molecule has 116 valence electrons. The molecule has 1 N–H and O–H groups in total. The Morgan fingerprint density at radius 2 is 1.77 bits per heavy atom. The van der Waals surface area contributed by atoms with E-state index in [9.17, 15) is 9.18 Å². The lowest BCUT2D eigenvalue weighted by Crippen LogP contribution is -2.34. The van der Waals surface area contributed by atoms with Crippen LogP contribution in [0.3, 0.4) is 0 Å². The molecule has 0 bridgehead atoms. The minimum absolute atomic E-state index is 0.0574. The Balaban J connectivity index is 2.15. The van der Waals surface area contributed by atoms with Gasteiger partial charge in [0.05, 0.1) is 18.2 Å². The van der Waals surface area contributed by atoms with Crippen LogP contribution in [0.4, 0.5) is 4.39 Å². The van der Waals surface area contributed by atoms with Crippen molar-refractivity contribution >= 4 is 5.91 Å². The molecule has 1 aromatic heterocycles. The first-order chi connectivity index (χ1) is 10.5. The third-order valence-electron chi connectivity index (χ3n) is 3.69. The van der Waals surface area contributed by atoms with Crippen LogP contribution in [-0.4, -0.2) is 10.9 Å². The number of nitrogens with zero attached hydrogens (tertiary/aromatic N) is 1. The lowest BCUT2D eigenvalue weighted by molar-refractivity contribution is -0.124. The van der Waals surface area contributed by atoms with Gasteiger partial charge in [-0.15, -0.1) is 0 Å². The highest BCUT2D eigenvalue weighted by Crippen LogP contribution is 2.25. The third-order valence-corrected chi connectivity index (χ3v) is 3.69. The molecule has 1 aromatic carbocycles. The topological polar surface area (TPSA) is 42.0 Å². The number of halogens is 1. The van der Waals surface area contributed by atoms with E-state index < -0.39 is 5.82 Å². The Hall–Kier alpha value is -2.23. The molecule has 22 heavy (non-hydrogen) atoms. The van der Waals surface area contributed by atoms with E-state index in [1.54, 1.807) is 6.20 Å². The second-order valence-corrected chi connectivity index (χ2v) is 5.80. The third kappa shape index (κ3) is 3.91. The van der Waals surface area contributed by atoms with E-state index >= 15 is 0 Å². The predicted octanol–water partition coefficient (Wildman–Crippen LogP) is 3.84. The van der Waals surface area contributed by atoms with Crippen molar-refractivity contribution < 1.29 is 9.18 Å². The summed E-state index contributed by atoms with van der Waals surface area (Å²) in [5.41, 5.74) is 1.64. The summed E-state index contributed by atoms with van der Waals surface area (Å²) in [5.74, 6) is -0.523. The van der Waals surface area contributed by atoms with Crippen molar-refractivity contribution in [2.24, 2.45) is 5.92 Å². The van der Waals surface area contributed by atoms with Crippen molar-refractivity contribution in [2.75, 3.05) is 0 Å². The second kappa shape index (κ2) is 7.16. The van der Waals surface area contributed by atoms with E-state index in [1.165, 1.54) is 6.07 Å². The van der Waals surface area contributed by atoms with E-state index in [-0.39, 0.29) is 23.8 Å². The van der Waals surface area contributed by atoms with Gasteiger partial charge in [0.2, 0.25) is 5.91 Å². The van der Waals surface area contributed by atoms with Crippen molar-refractivity contribution in [3.8, 4) is 0 Å². The van der Waals surface area contributed by atoms with Crippen molar-refractivity contribution in [3.63, 3.8) is 0 Å². The molecule has 1 amide bonds. The summed E-state index contributed by atoms with van der Waals surface area (Å²) in [7, 11) is 0. The Bertz CT molecular complexity index is 628. The highest BCUT2D eigenvalue weighted by molar-refractivity contribution is 5.84. The average Bonchev–Trinajstić information content (AvgIpc) is 2.48. The van der Waals surface area contributed by atoms with E-state index in [0.29, 0.717) is 5.56 Å². The second-order valence-electron chi connectivity index (χ2n) is 5.80. The molecule has 0 aliphatic rings. The maximum absolute atomic E-state index is 13.2. The first kappa shape index (κ1) is 16.1. The van der Waals surface area contributed by atoms with E-state index in [2.05, 4.69) is 10.3 Å². The standard InChI is InChI=1S/C18H21FN2O/c1-12(2)17(14-7-5-4-6-8-14)18(22)21-13(3)15-9-16(19)11-20-10-15/h4-13,17H,1-3H3,(H,21,22)/t13-,17-/m1/s1. The van der Waals surface area contributed by atoms with Crippen LogP contribution in [0.25, 0.3) is 0 Å². The number of nitrogens with one attached hydrogen (secondary N) is 1. The van der Waals surface area contributed by atoms with E-state index in [4.69, 9.17) is 0 Å². The summed E-state index contributed by atoms with van der Waals surface area (Å²) in [4.78, 5) is 16.5. The van der Waals surface area contributed by atoms with Gasteiger partial charge in [-0.2, -0.15) is 0 Å². The Kier molecular flexibility index (Phi) is 5.26. The molecule has 0 aliphatic heterocycles. The van der Waals surface area contributed by atoms with Gasteiger partial charge >= 0.3 is 0 Å². The fourth-order valence-corrected chi connectivity index (χ4v) is 2.55. The number of hydrogen-bond acceptors (Lipinski definition) is 2. The average molecular weight is 300 g/mol. The Labute approximate surface area is 130 Å². The zero-order valence-electron chi connectivity index (χ0n) is 13.1. The predicted molar refractivity (Wildman–Crippen MR) is 84.8 cm³/mol. The molecular weight excluding hydrogens is 279 g/mol. The van der Waals surface area contributed by atoms with E-state index in [0.717, 1.165) is 11.8 Å². The van der Waals surface area contributed by atoms with Gasteiger partial charge < -0.3 is 5.32 Å². The molecule has 0 spiro atoms. The molecule has 0 radical (unpaired) electrons. The number of benzene rings is 1. The fraction of sp³-hybridized carbons (Fsp3) is 0.333. The van der Waals surface area contributed by atoms with Crippen LogP contribution >= 0.6 is 0 Å². The molecule has 0 aliphatic carbocycles. The van der Waals surface area contributed by atoms with Crippen LogP contribution in [0, 0.1) is 11.7 Å². The van der Waals surface area contributed by atoms with Crippen LogP contribution in [0.1, 0.15) is 43.9 Å². The molecule has 0 saturated heterocycles. The van der Waals surface area contributed by atoms with Gasteiger partial charge in [0, 0.05) is 6.20 Å². The van der Waals surface area contributed by atoms with Gasteiger partial charge in [-0.1, -0.05) is 44.2 Å². The van der Waals surface area contributed by atoms with Crippen LogP contribution in [-0.2, 0) is 4.79 Å². The zero-order chi connectivity index (χ0) is 16.1. The minimum atomic E-state index is -0.401. The number of aromatic nitrogens is 1. The summed E-state index contributed by atoms with van der Waals surface area (Å²) >= 11 is 0. The number of pyridine rings is 1. The van der Waals surface area contributed by atoms with E-state index in [1.807, 2.05) is 51.1 Å². The molecule has 0 saturated carbocycles. The molecule has 0 fully saturated rings. The Morgan fingerprint density at radius 1 is 1.09 bits per heavy atom. The number of amides is 1. The Morgan fingerprint density at radius 3 is 2.36 bits per heavy atom. The maximum Gasteiger partial charge on any atom is 0.228 e. The normalized spacial score (nSPS) is 13.7. The molecule has 2 rings (SSSR count). The van der Waals surface area contributed by atoms with Gasteiger partial charge in [0.15, 0.2) is 0 Å². The maximum atomic E-state index is 13.2. The number of hydrogen-bond donors (Lipinski definition) is 1. The van der Waals surface area contributed by atoms with Crippen molar-refractivity contribution in [1.29, 1.82) is 0 Å². The molecule has 0 unspecified atom stereocenters. The lowest BCUT2D eigenvalue weighted by atomic mass is 9.87. The van der Waals surface area contributed by atoms with Gasteiger partial charge in [-0.3, -0.25) is 9.78 Å². The lowest BCUT2D eigenvalue weighted by Gasteiger charge is -2.23. The van der Waals surface area contributed by atoms with Crippen molar-refractivity contribution in [1.82, 2.24) is 10.3 Å². The first-order valence-electron chi connectivity index (χ1n) is 7.44. The van der Waals surface area contributed by atoms with Crippen LogP contribution in [0.2, 0.25) is 0 Å². The minimum Gasteiger partial charge on any atom is -0.349 e. The molecule has 2 atom stereocenters. The first-order valence-corrected chi connectivity index (χ1v) is 7.44. The highest BCUT2D eigenvalue weighted by Gasteiger charge is 2.25. The number of rotatable bonds is 5. The summed E-state index contributed by atoms with van der Waals surface area (Å²) in [6.07, 6.45) is 2.72. The summed E-state index contributed by atoms with van der Waals surface area (Å²) < 4.78 is 13.2. The van der Waals surface area contributed by atoms with Crippen LogP contribution < -0.4 is 5.32 Å². The number of carbonyl (C=O) groups excluding carboxylic acids is 1. The molecule has 4 heteroatoms. The van der Waals surface area contributed by atoms with Gasteiger partial charge in [-0.25, -0.2) is 4.39 Å². The summed E-state index contributed by atoms with van der Waals surface area (Å²) in [5, 5.41) is 2.96. The molecular formula is C18H21FN2O. The molecule has 1 heterocycles. The highest BCUT2D eigenvalue weighted by atomic mass is 19.1. The van der Waals surface area contributed by atoms with Crippen molar-refractivity contribution in [2.45, 2.75) is 32.7 Å². The van der Waals surface area contributed by atoms with Crippen molar-refractivity contribution in [3.05, 3.63) is 65.7 Å². The largest absolute Gasteiger partial charge is 0.349 e. The van der Waals surface area contributed by atoms with Gasteiger partial charge in [0.1, 0.15) is 5.82 Å². The quantitative estimate of drug-likeness (QED) is 0.911. The molecule has 2 aromatic rings. The van der Waals surface area contributed by atoms with Gasteiger partial charge in [0.25, 0.3) is 0 Å². The zero-order valence-corrected chi connectivity index (χ0v) is 13.1. The number of carbonyl (C=O) groups is 1. The van der Waals surface area contributed by atoms with Crippen LogP contribution in [0.5, 0.6) is 0 Å². The monoisotopic (exact) mass is 300 g/mol. The summed E-state index contributed by atoms with van der Waals surface area (Å²) in [6.45, 7) is 5.87. The molecule has 3 nitrogen and oxygen atoms in total. The fourth-order valence-electron chi connectivity index (χ4n) is 2.55. The van der Waals surface area contributed by atoms with Gasteiger partial charge in [-0.05, 0) is 30.0 Å². The SMILES string of the molecule is CC(C)[C@@H](C(=O)N[C@H](C)c1cncc(F)c1)c1ccccc1. The van der Waals surface area contributed by atoms with Crippen LogP contribution in [0.15, 0.2) is 48.8 Å². The summed E-state index contributed by atoms with van der Waals surface area (Å²) in [6, 6.07) is 10.8.